The van der Waals surface area contributed by atoms with Gasteiger partial charge in [-0.15, -0.1) is 0 Å². The van der Waals surface area contributed by atoms with E-state index in [0.717, 1.165) is 24.0 Å². The van der Waals surface area contributed by atoms with Gasteiger partial charge in [-0.2, -0.15) is 0 Å². The zero-order valence-electron chi connectivity index (χ0n) is 18.6. The van der Waals surface area contributed by atoms with Crippen molar-refractivity contribution in [3.63, 3.8) is 0 Å². The third-order valence-corrected chi connectivity index (χ3v) is 5.79. The van der Waals surface area contributed by atoms with Gasteiger partial charge in [-0.1, -0.05) is 36.4 Å². The van der Waals surface area contributed by atoms with E-state index >= 15 is 0 Å². The van der Waals surface area contributed by atoms with Crippen LogP contribution in [0, 0.1) is 0 Å². The van der Waals surface area contributed by atoms with Crippen molar-refractivity contribution in [2.75, 3.05) is 23.7 Å². The third-order valence-electron chi connectivity index (χ3n) is 5.79. The molecule has 172 valence electrons. The monoisotopic (exact) mass is 448 g/mol. The Labute approximate surface area is 191 Å². The Bertz CT molecular complexity index is 1220. The van der Waals surface area contributed by atoms with Gasteiger partial charge in [-0.05, 0) is 37.0 Å². The van der Waals surface area contributed by atoms with Gasteiger partial charge in [0.25, 0.3) is 5.56 Å². The first-order chi connectivity index (χ1) is 16.0. The minimum Gasteiger partial charge on any atom is -0.383 e. The average Bonchev–Trinajstić information content (AvgIpc) is 3.66. The van der Waals surface area contributed by atoms with Gasteiger partial charge in [-0.3, -0.25) is 29.0 Å². The van der Waals surface area contributed by atoms with Crippen LogP contribution in [0.1, 0.15) is 30.9 Å². The Balaban J connectivity index is 1.61. The van der Waals surface area contributed by atoms with E-state index in [9.17, 15) is 14.4 Å². The summed E-state index contributed by atoms with van der Waals surface area (Å²) in [5.74, 6) is -0.261. The van der Waals surface area contributed by atoms with Gasteiger partial charge >= 0.3 is 5.69 Å². The van der Waals surface area contributed by atoms with Gasteiger partial charge in [0, 0.05) is 31.5 Å². The lowest BCUT2D eigenvalue weighted by Gasteiger charge is -2.27. The summed E-state index contributed by atoms with van der Waals surface area (Å²) in [6, 6.07) is 13.5. The topological polar surface area (TPSA) is 117 Å². The molecule has 4 rings (SSSR count). The number of aromatic nitrogens is 3. The number of benzene rings is 1. The maximum Gasteiger partial charge on any atom is 0.330 e. The van der Waals surface area contributed by atoms with Crippen LogP contribution in [0.3, 0.4) is 0 Å². The molecule has 0 spiro atoms. The molecule has 2 heterocycles. The number of H-pyrrole nitrogens is 1. The number of nitrogen functional groups attached to an aromatic ring is 1. The fourth-order valence-corrected chi connectivity index (χ4v) is 3.96. The number of rotatable bonds is 9. The number of amides is 1. The van der Waals surface area contributed by atoms with Crippen molar-refractivity contribution in [1.82, 2.24) is 19.4 Å². The lowest BCUT2D eigenvalue weighted by molar-refractivity contribution is -0.120. The second-order valence-electron chi connectivity index (χ2n) is 8.20. The summed E-state index contributed by atoms with van der Waals surface area (Å²) in [5.41, 5.74) is 6.92. The summed E-state index contributed by atoms with van der Waals surface area (Å²) >= 11 is 0. The minimum absolute atomic E-state index is 0.00940. The van der Waals surface area contributed by atoms with Crippen LogP contribution in [0.25, 0.3) is 0 Å². The molecule has 0 bridgehead atoms. The van der Waals surface area contributed by atoms with Crippen LogP contribution in [0.2, 0.25) is 0 Å². The molecule has 1 saturated carbocycles. The van der Waals surface area contributed by atoms with Crippen molar-refractivity contribution in [2.45, 2.75) is 38.9 Å². The van der Waals surface area contributed by atoms with E-state index in [1.807, 2.05) is 42.5 Å². The Kier molecular flexibility index (Phi) is 6.69. The van der Waals surface area contributed by atoms with Crippen molar-refractivity contribution in [3.05, 3.63) is 86.8 Å². The maximum absolute atomic E-state index is 13.3. The first-order valence-electron chi connectivity index (χ1n) is 11.1. The molecule has 1 fully saturated rings. The highest BCUT2D eigenvalue weighted by Gasteiger charge is 2.32. The fourth-order valence-electron chi connectivity index (χ4n) is 3.96. The molecule has 1 aromatic carbocycles. The number of carbonyl (C=O) groups is 1. The van der Waals surface area contributed by atoms with Crippen LogP contribution in [0.5, 0.6) is 0 Å². The molecule has 0 saturated heterocycles. The molecule has 0 aliphatic heterocycles. The van der Waals surface area contributed by atoms with Gasteiger partial charge in [0.2, 0.25) is 5.91 Å². The number of likely N-dealkylation sites (N-methyl/N-ethyl adjacent to an activating group) is 1. The predicted octanol–water partition coefficient (Wildman–Crippen LogP) is 1.58. The quantitative estimate of drug-likeness (QED) is 0.513. The maximum atomic E-state index is 13.3. The van der Waals surface area contributed by atoms with Gasteiger partial charge in [0.15, 0.2) is 5.69 Å². The highest BCUT2D eigenvalue weighted by Crippen LogP contribution is 2.28. The first-order valence-corrected chi connectivity index (χ1v) is 11.1. The summed E-state index contributed by atoms with van der Waals surface area (Å²) in [5, 5.41) is 0. The van der Waals surface area contributed by atoms with E-state index < -0.39 is 11.2 Å². The molecule has 3 N–H and O–H groups in total. The molecule has 9 nitrogen and oxygen atoms in total. The smallest absolute Gasteiger partial charge is 0.330 e. The SMILES string of the molecule is CCN(C(=O)CN(Cc1cccnc1)C1CC1)c1c(N)n(Cc2ccccc2)c(=O)[nH]c1=O. The summed E-state index contributed by atoms with van der Waals surface area (Å²) < 4.78 is 1.29. The Hall–Kier alpha value is -3.72. The summed E-state index contributed by atoms with van der Waals surface area (Å²) in [6.07, 6.45) is 5.57. The highest BCUT2D eigenvalue weighted by atomic mass is 16.2. The lowest BCUT2D eigenvalue weighted by atomic mass is 10.2. The van der Waals surface area contributed by atoms with Crippen LogP contribution in [0.15, 0.2) is 64.4 Å². The molecule has 33 heavy (non-hydrogen) atoms. The highest BCUT2D eigenvalue weighted by molar-refractivity contribution is 5.96. The number of nitrogens with two attached hydrogens (primary N) is 1. The standard InChI is InChI=1S/C24H28N6O3/c1-2-29(20(31)16-28(19-10-11-19)14-18-9-6-12-26-13-18)21-22(25)30(24(33)27-23(21)32)15-17-7-4-3-5-8-17/h3-9,12-13,19H,2,10-11,14-16,25H2,1H3,(H,27,32,33). The number of nitrogens with zero attached hydrogens (tertiary/aromatic N) is 4. The second-order valence-corrected chi connectivity index (χ2v) is 8.20. The Morgan fingerprint density at radius 1 is 1.15 bits per heavy atom. The normalized spacial score (nSPS) is 13.3. The van der Waals surface area contributed by atoms with E-state index in [0.29, 0.717) is 12.6 Å². The number of anilines is 2. The van der Waals surface area contributed by atoms with Crippen LogP contribution in [-0.2, 0) is 17.9 Å². The molecule has 3 aromatic rings. The summed E-state index contributed by atoms with van der Waals surface area (Å²) in [4.78, 5) is 48.5. The van der Waals surface area contributed by atoms with Crippen LogP contribution >= 0.6 is 0 Å². The number of carbonyl (C=O) groups excluding carboxylic acids is 1. The molecular formula is C24H28N6O3. The molecule has 1 amide bonds. The molecule has 1 aliphatic carbocycles. The largest absolute Gasteiger partial charge is 0.383 e. The van der Waals surface area contributed by atoms with Crippen LogP contribution in [-0.4, -0.2) is 44.5 Å². The van der Waals surface area contributed by atoms with E-state index in [1.54, 1.807) is 19.3 Å². The van der Waals surface area contributed by atoms with E-state index in [2.05, 4.69) is 14.9 Å². The van der Waals surface area contributed by atoms with Crippen molar-refractivity contribution in [2.24, 2.45) is 0 Å². The van der Waals surface area contributed by atoms with Gasteiger partial charge < -0.3 is 10.6 Å². The summed E-state index contributed by atoms with van der Waals surface area (Å²) in [7, 11) is 0. The van der Waals surface area contributed by atoms with E-state index in [4.69, 9.17) is 5.73 Å². The van der Waals surface area contributed by atoms with E-state index in [1.165, 1.54) is 9.47 Å². The molecule has 0 atom stereocenters. The molecule has 0 radical (unpaired) electrons. The molecule has 1 aliphatic rings. The fraction of sp³-hybridized carbons (Fsp3) is 0.333. The first kappa shape index (κ1) is 22.5. The van der Waals surface area contributed by atoms with Gasteiger partial charge in [0.1, 0.15) is 5.82 Å². The number of hydrogen-bond acceptors (Lipinski definition) is 6. The van der Waals surface area contributed by atoms with Gasteiger partial charge in [-0.25, -0.2) is 4.79 Å². The van der Waals surface area contributed by atoms with Gasteiger partial charge in [0.05, 0.1) is 13.1 Å². The minimum atomic E-state index is -0.665. The zero-order chi connectivity index (χ0) is 23.4. The number of pyridine rings is 1. The molecule has 2 aromatic heterocycles. The van der Waals surface area contributed by atoms with E-state index in [-0.39, 0.29) is 37.0 Å². The Morgan fingerprint density at radius 3 is 2.52 bits per heavy atom. The molecular weight excluding hydrogens is 420 g/mol. The zero-order valence-corrected chi connectivity index (χ0v) is 18.6. The summed E-state index contributed by atoms with van der Waals surface area (Å²) in [6.45, 7) is 2.97. The average molecular weight is 449 g/mol. The predicted molar refractivity (Wildman–Crippen MR) is 127 cm³/mol. The van der Waals surface area contributed by atoms with Crippen molar-refractivity contribution in [3.8, 4) is 0 Å². The number of nitrogens with one attached hydrogen (secondary N) is 1. The van der Waals surface area contributed by atoms with Crippen molar-refractivity contribution >= 4 is 17.4 Å². The number of hydrogen-bond donors (Lipinski definition) is 2. The lowest BCUT2D eigenvalue weighted by Crippen LogP contribution is -2.45. The van der Waals surface area contributed by atoms with Crippen molar-refractivity contribution in [1.29, 1.82) is 0 Å². The van der Waals surface area contributed by atoms with Crippen LogP contribution < -0.4 is 21.9 Å². The van der Waals surface area contributed by atoms with Crippen LogP contribution in [0.4, 0.5) is 11.5 Å². The Morgan fingerprint density at radius 2 is 1.88 bits per heavy atom. The van der Waals surface area contributed by atoms with Crippen molar-refractivity contribution < 1.29 is 4.79 Å². The number of aromatic amines is 1. The third kappa shape index (κ3) is 5.20. The second kappa shape index (κ2) is 9.83. The molecule has 9 heteroatoms. The molecule has 0 unspecified atom stereocenters.